The molecule has 0 bridgehead atoms. The molecule has 1 atom stereocenters. The number of hydrogen-bond donors (Lipinski definition) is 1. The molecule has 0 radical (unpaired) electrons. The second-order valence-electron chi connectivity index (χ2n) is 7.30. The Morgan fingerprint density at radius 3 is 2.55 bits per heavy atom. The first kappa shape index (κ1) is 24.1. The molecule has 168 valence electrons. The number of nitrogens with zero attached hydrogens (tertiary/aromatic N) is 1. The monoisotopic (exact) mass is 504 g/mol. The third kappa shape index (κ3) is 5.46. The van der Waals surface area contributed by atoms with Crippen molar-refractivity contribution < 1.29 is 17.9 Å². The van der Waals surface area contributed by atoms with Crippen LogP contribution >= 0.6 is 34.8 Å². The average Bonchev–Trinajstić information content (AvgIpc) is 2.73. The lowest BCUT2D eigenvalue weighted by Crippen LogP contribution is -2.43. The first-order chi connectivity index (χ1) is 14.6. The van der Waals surface area contributed by atoms with Crippen molar-refractivity contribution in [2.45, 2.75) is 31.6 Å². The zero-order chi connectivity index (χ0) is 22.8. The fraction of sp³-hybridized carbons (Fsp3) is 0.381. The lowest BCUT2D eigenvalue weighted by Gasteiger charge is -2.31. The van der Waals surface area contributed by atoms with Gasteiger partial charge in [0.25, 0.3) is 0 Å². The van der Waals surface area contributed by atoms with Crippen LogP contribution in [0.25, 0.3) is 0 Å². The number of halogens is 3. The van der Waals surface area contributed by atoms with Gasteiger partial charge in [-0.05, 0) is 62.6 Å². The molecule has 1 aliphatic rings. The van der Waals surface area contributed by atoms with Crippen LogP contribution in [0.5, 0.6) is 5.75 Å². The van der Waals surface area contributed by atoms with E-state index < -0.39 is 15.9 Å². The molecule has 0 unspecified atom stereocenters. The van der Waals surface area contributed by atoms with Gasteiger partial charge in [-0.2, -0.15) is 4.31 Å². The molecule has 1 fully saturated rings. The Balaban J connectivity index is 1.76. The Labute approximate surface area is 197 Å². The van der Waals surface area contributed by atoms with E-state index in [0.717, 1.165) is 5.56 Å². The van der Waals surface area contributed by atoms with Gasteiger partial charge in [0.05, 0.1) is 38.2 Å². The van der Waals surface area contributed by atoms with Gasteiger partial charge in [-0.1, -0.05) is 34.8 Å². The van der Waals surface area contributed by atoms with Crippen LogP contribution in [0.4, 0.5) is 5.69 Å². The zero-order valence-corrected chi connectivity index (χ0v) is 20.2. The molecule has 0 aliphatic carbocycles. The van der Waals surface area contributed by atoms with E-state index in [2.05, 4.69) is 5.32 Å². The highest BCUT2D eigenvalue weighted by molar-refractivity contribution is 7.89. The van der Waals surface area contributed by atoms with Crippen LogP contribution in [0.3, 0.4) is 0 Å². The smallest absolute Gasteiger partial charge is 0.243 e. The average molecular weight is 506 g/mol. The maximum absolute atomic E-state index is 13.2. The quantitative estimate of drug-likeness (QED) is 0.534. The third-order valence-electron chi connectivity index (χ3n) is 5.11. The summed E-state index contributed by atoms with van der Waals surface area (Å²) in [5.74, 6) is -0.184. The number of sulfonamides is 1. The molecule has 1 N–H and O–H groups in total. The number of amides is 1. The Morgan fingerprint density at radius 2 is 1.87 bits per heavy atom. The number of hydrogen-bond acceptors (Lipinski definition) is 4. The highest BCUT2D eigenvalue weighted by atomic mass is 35.5. The number of piperidine rings is 1. The number of carbonyl (C=O) groups is 1. The molecule has 0 aromatic heterocycles. The summed E-state index contributed by atoms with van der Waals surface area (Å²) in [5.41, 5.74) is 1.08. The van der Waals surface area contributed by atoms with Crippen molar-refractivity contribution in [1.29, 1.82) is 0 Å². The molecular weight excluding hydrogens is 483 g/mol. The summed E-state index contributed by atoms with van der Waals surface area (Å²) in [5, 5.41) is 3.54. The number of anilines is 1. The molecule has 0 saturated carbocycles. The summed E-state index contributed by atoms with van der Waals surface area (Å²) < 4.78 is 33.2. The summed E-state index contributed by atoms with van der Waals surface area (Å²) in [4.78, 5) is 13.0. The molecule has 1 saturated heterocycles. The van der Waals surface area contributed by atoms with Crippen molar-refractivity contribution in [2.75, 3.05) is 25.0 Å². The van der Waals surface area contributed by atoms with Crippen LogP contribution in [0.1, 0.15) is 25.3 Å². The standard InChI is InChI=1S/C21H23Cl3N2O4S/c1-3-30-20-7-6-15(9-13(20)2)31(28,29)26-8-4-5-14(12-26)21(27)25-19-11-17(23)16(22)10-18(19)24/h6-7,9-11,14H,3-5,8,12H2,1-2H3,(H,25,27)/t14-/m1/s1. The Bertz CT molecular complexity index is 1090. The lowest BCUT2D eigenvalue weighted by atomic mass is 9.98. The number of ether oxygens (including phenoxy) is 1. The van der Waals surface area contributed by atoms with Crippen LogP contribution in [0.2, 0.25) is 15.1 Å². The molecule has 2 aromatic carbocycles. The van der Waals surface area contributed by atoms with Crippen molar-refractivity contribution in [3.8, 4) is 5.75 Å². The minimum absolute atomic E-state index is 0.0827. The van der Waals surface area contributed by atoms with Gasteiger partial charge in [-0.3, -0.25) is 4.79 Å². The van der Waals surface area contributed by atoms with E-state index in [1.54, 1.807) is 19.1 Å². The Kier molecular flexibility index (Phi) is 7.76. The van der Waals surface area contributed by atoms with E-state index in [1.165, 1.54) is 22.5 Å². The van der Waals surface area contributed by atoms with Crippen LogP contribution in [-0.4, -0.2) is 38.3 Å². The van der Waals surface area contributed by atoms with Crippen molar-refractivity contribution in [2.24, 2.45) is 5.92 Å². The van der Waals surface area contributed by atoms with E-state index in [9.17, 15) is 13.2 Å². The van der Waals surface area contributed by atoms with Gasteiger partial charge in [-0.15, -0.1) is 0 Å². The summed E-state index contributed by atoms with van der Waals surface area (Å²) >= 11 is 18.1. The minimum Gasteiger partial charge on any atom is -0.494 e. The van der Waals surface area contributed by atoms with Crippen molar-refractivity contribution in [3.05, 3.63) is 51.0 Å². The largest absolute Gasteiger partial charge is 0.494 e. The van der Waals surface area contributed by atoms with Gasteiger partial charge in [0, 0.05) is 13.1 Å². The zero-order valence-electron chi connectivity index (χ0n) is 17.1. The number of benzene rings is 2. The van der Waals surface area contributed by atoms with Gasteiger partial charge in [0.1, 0.15) is 5.75 Å². The van der Waals surface area contributed by atoms with Gasteiger partial charge in [0.15, 0.2) is 0 Å². The molecule has 31 heavy (non-hydrogen) atoms. The van der Waals surface area contributed by atoms with E-state index in [0.29, 0.717) is 37.4 Å². The number of aryl methyl sites for hydroxylation is 1. The van der Waals surface area contributed by atoms with Gasteiger partial charge < -0.3 is 10.1 Å². The maximum Gasteiger partial charge on any atom is 0.243 e. The lowest BCUT2D eigenvalue weighted by molar-refractivity contribution is -0.120. The van der Waals surface area contributed by atoms with Crippen molar-refractivity contribution in [3.63, 3.8) is 0 Å². The van der Waals surface area contributed by atoms with Crippen LogP contribution in [0.15, 0.2) is 35.2 Å². The number of nitrogens with one attached hydrogen (secondary N) is 1. The van der Waals surface area contributed by atoms with Crippen molar-refractivity contribution in [1.82, 2.24) is 4.31 Å². The van der Waals surface area contributed by atoms with E-state index in [1.807, 2.05) is 6.92 Å². The maximum atomic E-state index is 13.2. The minimum atomic E-state index is -3.74. The van der Waals surface area contributed by atoms with Crippen LogP contribution in [-0.2, 0) is 14.8 Å². The van der Waals surface area contributed by atoms with Crippen LogP contribution in [0, 0.1) is 12.8 Å². The Morgan fingerprint density at radius 1 is 1.16 bits per heavy atom. The third-order valence-corrected chi connectivity index (χ3v) is 8.00. The van der Waals surface area contributed by atoms with Gasteiger partial charge >= 0.3 is 0 Å². The molecule has 2 aromatic rings. The summed E-state index contributed by atoms with van der Waals surface area (Å²) in [6, 6.07) is 7.72. The molecule has 6 nitrogen and oxygen atoms in total. The topological polar surface area (TPSA) is 75.7 Å². The molecule has 0 spiro atoms. The first-order valence-corrected chi connectivity index (χ1v) is 12.4. The SMILES string of the molecule is CCOc1ccc(S(=O)(=O)N2CCC[C@@H](C(=O)Nc3cc(Cl)c(Cl)cc3Cl)C2)cc1C. The molecule has 3 rings (SSSR count). The van der Waals surface area contributed by atoms with Crippen LogP contribution < -0.4 is 10.1 Å². The second kappa shape index (κ2) is 9.96. The van der Waals surface area contributed by atoms with E-state index in [-0.39, 0.29) is 32.4 Å². The first-order valence-electron chi connectivity index (χ1n) is 9.82. The second-order valence-corrected chi connectivity index (χ2v) is 10.5. The summed E-state index contributed by atoms with van der Waals surface area (Å²) in [6.07, 6.45) is 1.14. The Hall–Kier alpha value is -1.51. The highest BCUT2D eigenvalue weighted by Crippen LogP contribution is 2.33. The summed E-state index contributed by atoms with van der Waals surface area (Å²) in [7, 11) is -3.74. The molecule has 1 aliphatic heterocycles. The predicted octanol–water partition coefficient (Wildman–Crippen LogP) is 5.39. The molecule has 10 heteroatoms. The van der Waals surface area contributed by atoms with E-state index >= 15 is 0 Å². The van der Waals surface area contributed by atoms with Crippen molar-refractivity contribution >= 4 is 56.4 Å². The molecular formula is C21H23Cl3N2O4S. The fourth-order valence-electron chi connectivity index (χ4n) is 3.48. The van der Waals surface area contributed by atoms with Gasteiger partial charge in [0.2, 0.25) is 15.9 Å². The normalized spacial score (nSPS) is 17.4. The predicted molar refractivity (Wildman–Crippen MR) is 124 cm³/mol. The number of carbonyl (C=O) groups excluding carboxylic acids is 1. The molecule has 1 amide bonds. The number of rotatable bonds is 6. The fourth-order valence-corrected chi connectivity index (χ4v) is 5.68. The highest BCUT2D eigenvalue weighted by Gasteiger charge is 2.33. The van der Waals surface area contributed by atoms with Gasteiger partial charge in [-0.25, -0.2) is 8.42 Å². The van der Waals surface area contributed by atoms with E-state index in [4.69, 9.17) is 39.5 Å². The summed E-state index contributed by atoms with van der Waals surface area (Å²) in [6.45, 7) is 4.61. The molecule has 1 heterocycles.